The molecule has 0 bridgehead atoms. The largest absolute Gasteiger partial charge is 0.436 e. The van der Waals surface area contributed by atoms with Crippen LogP contribution in [0.1, 0.15) is 31.7 Å². The Morgan fingerprint density at radius 2 is 1.56 bits per heavy atom. The first-order chi connectivity index (χ1) is 15.7. The molecule has 1 unspecified atom stereocenters. The molecule has 0 radical (unpaired) electrons. The van der Waals surface area contributed by atoms with Crippen molar-refractivity contribution in [3.63, 3.8) is 0 Å². The van der Waals surface area contributed by atoms with Gasteiger partial charge in [-0.2, -0.15) is 0 Å². The number of oxazole rings is 1. The van der Waals surface area contributed by atoms with Crippen LogP contribution in [0.15, 0.2) is 89.3 Å². The van der Waals surface area contributed by atoms with E-state index in [0.29, 0.717) is 11.8 Å². The maximum atomic E-state index is 6.25. The number of benzene rings is 4. The molecule has 3 heteroatoms. The minimum absolute atomic E-state index is 0.448. The van der Waals surface area contributed by atoms with Gasteiger partial charge in [0.1, 0.15) is 5.52 Å². The zero-order valence-corrected chi connectivity index (χ0v) is 18.9. The van der Waals surface area contributed by atoms with Gasteiger partial charge in [0.2, 0.25) is 5.89 Å². The summed E-state index contributed by atoms with van der Waals surface area (Å²) in [7, 11) is 0. The topological polar surface area (TPSA) is 26.0 Å². The summed E-state index contributed by atoms with van der Waals surface area (Å²) in [5.41, 5.74) is 6.56. The molecule has 2 aromatic heterocycles. The lowest BCUT2D eigenvalue weighted by Gasteiger charge is -2.08. The Bertz CT molecular complexity index is 1570. The van der Waals surface area contributed by atoms with Crippen LogP contribution in [0.3, 0.4) is 0 Å². The second-order valence-electron chi connectivity index (χ2n) is 8.38. The fourth-order valence-corrected chi connectivity index (χ4v) is 5.71. The van der Waals surface area contributed by atoms with Gasteiger partial charge in [-0.3, -0.25) is 0 Å². The Morgan fingerprint density at radius 3 is 2.41 bits per heavy atom. The van der Waals surface area contributed by atoms with Crippen LogP contribution >= 0.6 is 11.3 Å². The van der Waals surface area contributed by atoms with Gasteiger partial charge < -0.3 is 4.42 Å². The summed E-state index contributed by atoms with van der Waals surface area (Å²) in [6, 6.07) is 30.1. The van der Waals surface area contributed by atoms with E-state index in [0.717, 1.165) is 23.1 Å². The monoisotopic (exact) mass is 433 g/mol. The molecule has 32 heavy (non-hydrogen) atoms. The number of rotatable bonds is 4. The molecule has 0 spiro atoms. The molecule has 0 aliphatic heterocycles. The maximum Gasteiger partial charge on any atom is 0.227 e. The van der Waals surface area contributed by atoms with Gasteiger partial charge in [-0.1, -0.05) is 74.5 Å². The molecule has 0 saturated heterocycles. The Balaban J connectivity index is 1.42. The van der Waals surface area contributed by atoms with E-state index < -0.39 is 0 Å². The lowest BCUT2D eigenvalue weighted by atomic mass is 9.98. The predicted octanol–water partition coefficient (Wildman–Crippen LogP) is 9.04. The third-order valence-electron chi connectivity index (χ3n) is 6.44. The highest BCUT2D eigenvalue weighted by atomic mass is 32.1. The molecule has 1 atom stereocenters. The Morgan fingerprint density at radius 1 is 0.812 bits per heavy atom. The summed E-state index contributed by atoms with van der Waals surface area (Å²) in [5, 5.41) is 2.65. The lowest BCUT2D eigenvalue weighted by Crippen LogP contribution is -1.91. The third kappa shape index (κ3) is 3.04. The van der Waals surface area contributed by atoms with Gasteiger partial charge in [0.05, 0.1) is 0 Å². The molecular weight excluding hydrogens is 410 g/mol. The molecule has 0 aliphatic carbocycles. The molecule has 0 saturated carbocycles. The van der Waals surface area contributed by atoms with Crippen LogP contribution in [0.5, 0.6) is 0 Å². The van der Waals surface area contributed by atoms with E-state index in [1.165, 1.54) is 36.9 Å². The highest BCUT2D eigenvalue weighted by Crippen LogP contribution is 2.40. The van der Waals surface area contributed by atoms with Crippen molar-refractivity contribution in [1.29, 1.82) is 0 Å². The molecule has 0 fully saturated rings. The average Bonchev–Trinajstić information content (AvgIpc) is 3.45. The Hall–Kier alpha value is -3.43. The predicted molar refractivity (Wildman–Crippen MR) is 136 cm³/mol. The van der Waals surface area contributed by atoms with E-state index in [4.69, 9.17) is 9.40 Å². The van der Waals surface area contributed by atoms with Gasteiger partial charge in [0, 0.05) is 25.7 Å². The van der Waals surface area contributed by atoms with Crippen LogP contribution in [-0.2, 0) is 0 Å². The van der Waals surface area contributed by atoms with Gasteiger partial charge in [0.25, 0.3) is 0 Å². The molecule has 6 aromatic rings. The number of hydrogen-bond donors (Lipinski definition) is 0. The van der Waals surface area contributed by atoms with E-state index >= 15 is 0 Å². The van der Waals surface area contributed by atoms with Crippen molar-refractivity contribution in [3.05, 3.63) is 90.5 Å². The van der Waals surface area contributed by atoms with Gasteiger partial charge in [-0.25, -0.2) is 4.98 Å². The van der Waals surface area contributed by atoms with Crippen molar-refractivity contribution in [3.8, 4) is 22.6 Å². The second-order valence-corrected chi connectivity index (χ2v) is 9.43. The van der Waals surface area contributed by atoms with Gasteiger partial charge in [-0.15, -0.1) is 11.3 Å². The van der Waals surface area contributed by atoms with Crippen LogP contribution < -0.4 is 0 Å². The number of aromatic nitrogens is 1. The summed E-state index contributed by atoms with van der Waals surface area (Å²) in [5.74, 6) is 1.13. The molecule has 0 amide bonds. The van der Waals surface area contributed by atoms with E-state index in [-0.39, 0.29) is 0 Å². The Labute approximate surface area is 191 Å². The smallest absolute Gasteiger partial charge is 0.227 e. The normalized spacial score (nSPS) is 12.7. The van der Waals surface area contributed by atoms with E-state index in [1.807, 2.05) is 17.4 Å². The molecule has 4 aromatic carbocycles. The van der Waals surface area contributed by atoms with Crippen molar-refractivity contribution in [2.75, 3.05) is 0 Å². The number of thiophene rings is 1. The van der Waals surface area contributed by atoms with Crippen molar-refractivity contribution in [2.45, 2.75) is 26.2 Å². The minimum Gasteiger partial charge on any atom is -0.436 e. The van der Waals surface area contributed by atoms with Crippen LogP contribution in [0.25, 0.3) is 53.9 Å². The molecule has 2 heterocycles. The van der Waals surface area contributed by atoms with Crippen molar-refractivity contribution in [1.82, 2.24) is 4.98 Å². The summed E-state index contributed by atoms with van der Waals surface area (Å²) in [6.07, 6.45) is 1.08. The molecule has 6 rings (SSSR count). The third-order valence-corrected chi connectivity index (χ3v) is 7.66. The van der Waals surface area contributed by atoms with Crippen molar-refractivity contribution in [2.24, 2.45) is 0 Å². The van der Waals surface area contributed by atoms with Crippen molar-refractivity contribution < 1.29 is 4.42 Å². The number of para-hydroxylation sites is 1. The van der Waals surface area contributed by atoms with Crippen LogP contribution in [0.2, 0.25) is 0 Å². The zero-order chi connectivity index (χ0) is 21.7. The van der Waals surface area contributed by atoms with E-state index in [1.54, 1.807) is 0 Å². The average molecular weight is 434 g/mol. The van der Waals surface area contributed by atoms with Crippen LogP contribution in [0, 0.1) is 0 Å². The summed E-state index contributed by atoms with van der Waals surface area (Å²) in [4.78, 5) is 4.78. The molecule has 2 nitrogen and oxygen atoms in total. The first kappa shape index (κ1) is 19.3. The summed E-state index contributed by atoms with van der Waals surface area (Å²) >= 11 is 1.86. The second kappa shape index (κ2) is 7.61. The molecule has 156 valence electrons. The first-order valence-electron chi connectivity index (χ1n) is 11.1. The van der Waals surface area contributed by atoms with Gasteiger partial charge in [0.15, 0.2) is 5.58 Å². The Kier molecular flexibility index (Phi) is 4.58. The summed E-state index contributed by atoms with van der Waals surface area (Å²) < 4.78 is 8.92. The molecule has 0 aliphatic rings. The summed E-state index contributed by atoms with van der Waals surface area (Å²) in [6.45, 7) is 4.44. The van der Waals surface area contributed by atoms with Gasteiger partial charge in [-0.05, 0) is 53.3 Å². The highest BCUT2D eigenvalue weighted by Gasteiger charge is 2.15. The fraction of sp³-hybridized carbons (Fsp3) is 0.138. The van der Waals surface area contributed by atoms with Crippen LogP contribution in [0.4, 0.5) is 0 Å². The molecule has 0 N–H and O–H groups in total. The maximum absolute atomic E-state index is 6.25. The van der Waals surface area contributed by atoms with E-state index in [9.17, 15) is 0 Å². The van der Waals surface area contributed by atoms with E-state index in [2.05, 4.69) is 92.7 Å². The number of nitrogens with zero attached hydrogens (tertiary/aromatic N) is 1. The van der Waals surface area contributed by atoms with Gasteiger partial charge >= 0.3 is 0 Å². The quantitative estimate of drug-likeness (QED) is 0.277. The standard InChI is InChI=1S/C29H23NOS/c1-3-18(2)21-9-7-12-25-27(21)31-29(30-25)20-16-14-19(15-17-20)22-10-6-11-24-23-8-4-5-13-26(23)32-28(22)24/h4-18H,3H2,1-2H3. The highest BCUT2D eigenvalue weighted by molar-refractivity contribution is 7.26. The first-order valence-corrected chi connectivity index (χ1v) is 11.9. The molecular formula is C29H23NOS. The number of fused-ring (bicyclic) bond motifs is 4. The van der Waals surface area contributed by atoms with Crippen LogP contribution in [-0.4, -0.2) is 4.98 Å². The SMILES string of the molecule is CCC(C)c1cccc2nc(-c3ccc(-c4cccc5c4sc4ccccc45)cc3)oc12. The fourth-order valence-electron chi connectivity index (χ4n) is 4.47. The minimum atomic E-state index is 0.448. The lowest BCUT2D eigenvalue weighted by molar-refractivity contribution is 0.606. The number of hydrogen-bond acceptors (Lipinski definition) is 3. The zero-order valence-electron chi connectivity index (χ0n) is 18.1. The van der Waals surface area contributed by atoms with Crippen molar-refractivity contribution >= 4 is 42.6 Å².